The normalized spacial score (nSPS) is 15.3. The van der Waals surface area contributed by atoms with Crippen molar-refractivity contribution < 1.29 is 9.47 Å². The molecule has 1 aliphatic heterocycles. The fourth-order valence-electron chi connectivity index (χ4n) is 3.94. The molecule has 4 rings (SSSR count). The quantitative estimate of drug-likeness (QED) is 0.515. The minimum absolute atomic E-state index is 0.233. The molecule has 0 N–H and O–H groups in total. The fourth-order valence-corrected chi connectivity index (χ4v) is 3.94. The van der Waals surface area contributed by atoms with Crippen molar-refractivity contribution in [2.75, 3.05) is 44.5 Å². The SMILES string of the molecule is C=CCN=C1Oc2ccccc2C(c2ccc(N(C)C)cc2)(c2ccc(N(C)C)cc2)O1. The zero-order valence-corrected chi connectivity index (χ0v) is 19.1. The van der Waals surface area contributed by atoms with Gasteiger partial charge in [-0.15, -0.1) is 6.58 Å². The van der Waals surface area contributed by atoms with Crippen molar-refractivity contribution in [2.45, 2.75) is 5.60 Å². The number of hydrogen-bond acceptors (Lipinski definition) is 5. The summed E-state index contributed by atoms with van der Waals surface area (Å²) in [6.07, 6.45) is 1.96. The van der Waals surface area contributed by atoms with E-state index in [-0.39, 0.29) is 6.08 Å². The number of benzene rings is 3. The molecule has 0 atom stereocenters. The number of nitrogens with zero attached hydrogens (tertiary/aromatic N) is 3. The summed E-state index contributed by atoms with van der Waals surface area (Å²) in [7, 11) is 8.13. The molecule has 5 heteroatoms. The molecule has 0 aliphatic carbocycles. The summed E-state index contributed by atoms with van der Waals surface area (Å²) in [5, 5.41) is 0. The molecule has 32 heavy (non-hydrogen) atoms. The summed E-state index contributed by atoms with van der Waals surface area (Å²) in [5.74, 6) is 0.731. The molecule has 0 bridgehead atoms. The minimum Gasteiger partial charge on any atom is -0.429 e. The molecular formula is C27H29N3O2. The van der Waals surface area contributed by atoms with E-state index in [1.54, 1.807) is 6.08 Å². The van der Waals surface area contributed by atoms with Gasteiger partial charge in [-0.25, -0.2) is 4.99 Å². The van der Waals surface area contributed by atoms with E-state index in [0.717, 1.165) is 33.8 Å². The first-order chi connectivity index (χ1) is 15.5. The van der Waals surface area contributed by atoms with Gasteiger partial charge in [-0.3, -0.25) is 0 Å². The van der Waals surface area contributed by atoms with Crippen molar-refractivity contribution in [3.8, 4) is 5.75 Å². The second-order valence-electron chi connectivity index (χ2n) is 8.16. The van der Waals surface area contributed by atoms with Crippen LogP contribution < -0.4 is 14.5 Å². The van der Waals surface area contributed by atoms with Crippen molar-refractivity contribution in [1.29, 1.82) is 0 Å². The van der Waals surface area contributed by atoms with Crippen LogP contribution in [0.3, 0.4) is 0 Å². The summed E-state index contributed by atoms with van der Waals surface area (Å²) in [6, 6.07) is 24.9. The smallest absolute Gasteiger partial charge is 0.391 e. The lowest BCUT2D eigenvalue weighted by molar-refractivity contribution is 0.0822. The van der Waals surface area contributed by atoms with Gasteiger partial charge in [-0.2, -0.15) is 0 Å². The lowest BCUT2D eigenvalue weighted by Gasteiger charge is -2.40. The van der Waals surface area contributed by atoms with E-state index in [9.17, 15) is 0 Å². The van der Waals surface area contributed by atoms with E-state index >= 15 is 0 Å². The fraction of sp³-hybridized carbons (Fsp3) is 0.222. The number of aliphatic imine (C=N–C) groups is 1. The van der Waals surface area contributed by atoms with Crippen LogP contribution in [0.1, 0.15) is 16.7 Å². The average Bonchev–Trinajstić information content (AvgIpc) is 2.82. The van der Waals surface area contributed by atoms with E-state index in [0.29, 0.717) is 6.54 Å². The van der Waals surface area contributed by atoms with Crippen LogP contribution in [0.25, 0.3) is 0 Å². The maximum absolute atomic E-state index is 6.63. The minimum atomic E-state index is -0.898. The van der Waals surface area contributed by atoms with E-state index in [1.165, 1.54) is 0 Å². The standard InChI is InChI=1S/C27H29N3O2/c1-6-19-28-26-31-25-10-8-7-9-24(25)27(32-26,20-11-15-22(16-12-20)29(2)3)21-13-17-23(18-14-21)30(4)5/h6-18H,1,19H2,2-5H3. The van der Waals surface area contributed by atoms with Crippen LogP contribution >= 0.6 is 0 Å². The zero-order chi connectivity index (χ0) is 22.7. The molecule has 3 aromatic rings. The van der Waals surface area contributed by atoms with Gasteiger partial charge in [-0.05, 0) is 30.3 Å². The highest BCUT2D eigenvalue weighted by Crippen LogP contribution is 2.47. The summed E-state index contributed by atoms with van der Waals surface area (Å²) in [6.45, 7) is 4.18. The van der Waals surface area contributed by atoms with Gasteiger partial charge in [0, 0.05) is 56.3 Å². The molecule has 0 fully saturated rings. The largest absolute Gasteiger partial charge is 0.429 e. The molecule has 1 aliphatic rings. The second kappa shape index (κ2) is 8.79. The van der Waals surface area contributed by atoms with Crippen LogP contribution in [0, 0.1) is 0 Å². The van der Waals surface area contributed by atoms with Gasteiger partial charge in [0.25, 0.3) is 0 Å². The lowest BCUT2D eigenvalue weighted by atomic mass is 9.79. The van der Waals surface area contributed by atoms with Crippen molar-refractivity contribution in [3.05, 3.63) is 102 Å². The summed E-state index contributed by atoms with van der Waals surface area (Å²) in [4.78, 5) is 8.64. The highest BCUT2D eigenvalue weighted by Gasteiger charge is 2.46. The van der Waals surface area contributed by atoms with E-state index < -0.39 is 5.60 Å². The van der Waals surface area contributed by atoms with Crippen LogP contribution in [0.5, 0.6) is 5.75 Å². The first-order valence-electron chi connectivity index (χ1n) is 10.6. The van der Waals surface area contributed by atoms with E-state index in [4.69, 9.17) is 9.47 Å². The highest BCUT2D eigenvalue weighted by atomic mass is 16.7. The first-order valence-corrected chi connectivity index (χ1v) is 10.6. The van der Waals surface area contributed by atoms with Crippen LogP contribution in [-0.4, -0.2) is 40.8 Å². The van der Waals surface area contributed by atoms with Gasteiger partial charge >= 0.3 is 6.08 Å². The zero-order valence-electron chi connectivity index (χ0n) is 19.1. The van der Waals surface area contributed by atoms with Crippen LogP contribution in [0.4, 0.5) is 11.4 Å². The summed E-state index contributed by atoms with van der Waals surface area (Å²) >= 11 is 0. The predicted octanol–water partition coefficient (Wildman–Crippen LogP) is 5.06. The third kappa shape index (κ3) is 3.82. The van der Waals surface area contributed by atoms with Crippen LogP contribution in [0.15, 0.2) is 90.4 Å². The van der Waals surface area contributed by atoms with Crippen molar-refractivity contribution in [1.82, 2.24) is 0 Å². The molecule has 0 radical (unpaired) electrons. The molecule has 5 nitrogen and oxygen atoms in total. The number of hydrogen-bond donors (Lipinski definition) is 0. The number of ether oxygens (including phenoxy) is 2. The van der Waals surface area contributed by atoms with Gasteiger partial charge < -0.3 is 19.3 Å². The Labute approximate surface area is 190 Å². The highest BCUT2D eigenvalue weighted by molar-refractivity contribution is 5.77. The topological polar surface area (TPSA) is 37.3 Å². The van der Waals surface area contributed by atoms with Gasteiger partial charge in [0.1, 0.15) is 5.75 Å². The molecule has 1 heterocycles. The predicted molar refractivity (Wildman–Crippen MR) is 132 cm³/mol. The first kappa shape index (κ1) is 21.5. The molecule has 0 aromatic heterocycles. The molecule has 0 saturated carbocycles. The van der Waals surface area contributed by atoms with Crippen LogP contribution in [-0.2, 0) is 10.3 Å². The van der Waals surface area contributed by atoms with Crippen molar-refractivity contribution >= 4 is 17.5 Å². The van der Waals surface area contributed by atoms with E-state index in [2.05, 4.69) is 76.0 Å². The monoisotopic (exact) mass is 427 g/mol. The lowest BCUT2D eigenvalue weighted by Crippen LogP contribution is -2.41. The number of fused-ring (bicyclic) bond motifs is 1. The van der Waals surface area contributed by atoms with Gasteiger partial charge in [-0.1, -0.05) is 48.5 Å². The number of anilines is 2. The van der Waals surface area contributed by atoms with E-state index in [1.807, 2.05) is 46.4 Å². The Bertz CT molecular complexity index is 1060. The summed E-state index contributed by atoms with van der Waals surface area (Å²) in [5.41, 5.74) is 4.28. The molecule has 0 spiro atoms. The maximum Gasteiger partial charge on any atom is 0.391 e. The number of para-hydroxylation sites is 1. The maximum atomic E-state index is 6.63. The van der Waals surface area contributed by atoms with Gasteiger partial charge in [0.2, 0.25) is 0 Å². The Morgan fingerprint density at radius 2 is 1.34 bits per heavy atom. The van der Waals surface area contributed by atoms with Crippen molar-refractivity contribution in [3.63, 3.8) is 0 Å². The second-order valence-corrected chi connectivity index (χ2v) is 8.16. The molecular weight excluding hydrogens is 398 g/mol. The molecule has 3 aromatic carbocycles. The third-order valence-electron chi connectivity index (χ3n) is 5.63. The molecule has 0 saturated heterocycles. The Morgan fingerprint density at radius 3 is 1.84 bits per heavy atom. The van der Waals surface area contributed by atoms with Gasteiger partial charge in [0.05, 0.1) is 6.54 Å². The molecule has 0 amide bonds. The Balaban J connectivity index is 1.97. The Kier molecular flexibility index (Phi) is 5.91. The number of rotatable bonds is 6. The summed E-state index contributed by atoms with van der Waals surface area (Å²) < 4.78 is 12.6. The van der Waals surface area contributed by atoms with Gasteiger partial charge in [0.15, 0.2) is 5.60 Å². The Hall–Kier alpha value is -3.73. The van der Waals surface area contributed by atoms with Crippen molar-refractivity contribution in [2.24, 2.45) is 4.99 Å². The van der Waals surface area contributed by atoms with Crippen LogP contribution in [0.2, 0.25) is 0 Å². The molecule has 0 unspecified atom stereocenters. The average molecular weight is 428 g/mol. The Morgan fingerprint density at radius 1 is 0.812 bits per heavy atom. The molecule has 164 valence electrons. The third-order valence-corrected chi connectivity index (χ3v) is 5.63.